The molecule has 10 heteroatoms. The fourth-order valence-corrected chi connectivity index (χ4v) is 3.00. The van der Waals surface area contributed by atoms with Crippen LogP contribution < -0.4 is 4.90 Å². The monoisotopic (exact) mass is 434 g/mol. The van der Waals surface area contributed by atoms with E-state index in [4.69, 9.17) is 27.1 Å². The smallest absolute Gasteiger partial charge is 0.415 e. The number of ether oxygens (including phenoxy) is 1. The highest BCUT2D eigenvalue weighted by Crippen LogP contribution is 2.28. The third-order valence-corrected chi connectivity index (χ3v) is 4.99. The second-order valence-electron chi connectivity index (χ2n) is 7.18. The molecule has 0 aromatic heterocycles. The van der Waals surface area contributed by atoms with Gasteiger partial charge in [0.1, 0.15) is 12.1 Å². The summed E-state index contributed by atoms with van der Waals surface area (Å²) in [5.74, 6) is -0.0968. The molecule has 0 aliphatic carbocycles. The Kier molecular flexibility index (Phi) is 9.96. The second-order valence-corrected chi connectivity index (χ2v) is 7.42. The lowest BCUT2D eigenvalue weighted by molar-refractivity contribution is 0.0345. The van der Waals surface area contributed by atoms with Crippen molar-refractivity contribution in [1.82, 2.24) is 4.90 Å². The molecule has 0 N–H and O–H groups in total. The Morgan fingerprint density at radius 1 is 1.30 bits per heavy atom. The van der Waals surface area contributed by atoms with E-state index >= 15 is 0 Å². The minimum atomic E-state index is -0.797. The fraction of sp³-hybridized carbons (Fsp3) is 0.550. The number of halogens is 1. The van der Waals surface area contributed by atoms with Gasteiger partial charge in [0.15, 0.2) is 0 Å². The number of hydrogen-bond donors (Lipinski definition) is 0. The number of nitriles is 1. The lowest BCUT2D eigenvalue weighted by Gasteiger charge is -2.32. The van der Waals surface area contributed by atoms with Crippen LogP contribution in [0.3, 0.4) is 0 Å². The lowest BCUT2D eigenvalue weighted by Crippen LogP contribution is -2.41. The van der Waals surface area contributed by atoms with Crippen LogP contribution >= 0.6 is 11.6 Å². The van der Waals surface area contributed by atoms with Crippen LogP contribution in [0.2, 0.25) is 0 Å². The molecule has 0 heterocycles. The van der Waals surface area contributed by atoms with Crippen molar-refractivity contribution in [3.8, 4) is 6.07 Å². The molecule has 1 aromatic rings. The highest BCUT2D eigenvalue weighted by atomic mass is 35.5. The maximum absolute atomic E-state index is 12.7. The number of hydrogen-bond acceptors (Lipinski definition) is 5. The van der Waals surface area contributed by atoms with Gasteiger partial charge in [0, 0.05) is 41.2 Å². The molecular formula is C20H27ClN6O3. The molecule has 0 saturated carbocycles. The highest BCUT2D eigenvalue weighted by molar-refractivity contribution is 6.21. The molecule has 0 saturated heterocycles. The summed E-state index contributed by atoms with van der Waals surface area (Å²) in [6, 6.07) is 8.29. The first-order chi connectivity index (χ1) is 14.2. The summed E-state index contributed by atoms with van der Waals surface area (Å²) in [6.45, 7) is 8.56. The summed E-state index contributed by atoms with van der Waals surface area (Å²) in [7, 11) is 0. The van der Waals surface area contributed by atoms with Gasteiger partial charge in [-0.1, -0.05) is 19.0 Å². The Morgan fingerprint density at radius 3 is 2.37 bits per heavy atom. The van der Waals surface area contributed by atoms with Gasteiger partial charge in [0.25, 0.3) is 5.91 Å². The van der Waals surface area contributed by atoms with Crippen molar-refractivity contribution in [3.63, 3.8) is 0 Å². The summed E-state index contributed by atoms with van der Waals surface area (Å²) in [4.78, 5) is 30.8. The van der Waals surface area contributed by atoms with Crippen LogP contribution in [0, 0.1) is 16.7 Å². The van der Waals surface area contributed by atoms with Gasteiger partial charge in [-0.2, -0.15) is 5.26 Å². The van der Waals surface area contributed by atoms with Crippen LogP contribution in [0.15, 0.2) is 29.4 Å². The first kappa shape index (κ1) is 25.1. The summed E-state index contributed by atoms with van der Waals surface area (Å²) in [6.07, 6.45) is -1.59. The molecule has 0 bridgehead atoms. The summed E-state index contributed by atoms with van der Waals surface area (Å²) >= 11 is 5.97. The highest BCUT2D eigenvalue weighted by Gasteiger charge is 2.34. The average Bonchev–Trinajstić information content (AvgIpc) is 2.73. The maximum Gasteiger partial charge on any atom is 0.415 e. The van der Waals surface area contributed by atoms with Crippen molar-refractivity contribution >= 4 is 29.3 Å². The number of nitrogens with zero attached hydrogens (tertiary/aromatic N) is 6. The molecule has 0 aliphatic heterocycles. The average molecular weight is 435 g/mol. The number of alkyl halides is 1. The molecule has 0 aliphatic rings. The van der Waals surface area contributed by atoms with E-state index in [0.29, 0.717) is 24.3 Å². The SMILES string of the molecule is CCN(CC)C(=O)c1ccc(N(CCl)C(=O)OC(CC#N)C(C)(C)CN=[N+]=[N-])cc1. The zero-order valence-electron chi connectivity index (χ0n) is 17.7. The summed E-state index contributed by atoms with van der Waals surface area (Å²) in [5.41, 5.74) is 8.77. The van der Waals surface area contributed by atoms with Crippen LogP contribution in [0.4, 0.5) is 10.5 Å². The van der Waals surface area contributed by atoms with Crippen LogP contribution in [0.5, 0.6) is 0 Å². The maximum atomic E-state index is 12.7. The van der Waals surface area contributed by atoms with Crippen molar-refractivity contribution in [1.29, 1.82) is 5.26 Å². The zero-order chi connectivity index (χ0) is 22.7. The molecular weight excluding hydrogens is 408 g/mol. The van der Waals surface area contributed by atoms with Crippen molar-refractivity contribution in [2.45, 2.75) is 40.2 Å². The van der Waals surface area contributed by atoms with E-state index in [9.17, 15) is 9.59 Å². The van der Waals surface area contributed by atoms with E-state index < -0.39 is 17.6 Å². The first-order valence-electron chi connectivity index (χ1n) is 9.56. The van der Waals surface area contributed by atoms with Gasteiger partial charge in [-0.05, 0) is 43.6 Å². The van der Waals surface area contributed by atoms with Crippen molar-refractivity contribution in [2.24, 2.45) is 10.5 Å². The Morgan fingerprint density at radius 2 is 1.90 bits per heavy atom. The van der Waals surface area contributed by atoms with Gasteiger partial charge >= 0.3 is 6.09 Å². The number of azide groups is 1. The standard InChI is InChI=1S/C20H27ClN6O3/c1-5-26(6-2)18(28)15-7-9-16(10-8-15)27(14-21)19(29)30-17(11-12-22)20(3,4)13-24-25-23/h7-10,17H,5-6,11,13-14H2,1-4H3. The van der Waals surface area contributed by atoms with Crippen molar-refractivity contribution in [3.05, 3.63) is 40.3 Å². The molecule has 1 rings (SSSR count). The third kappa shape index (κ3) is 6.55. The predicted molar refractivity (Wildman–Crippen MR) is 115 cm³/mol. The van der Waals surface area contributed by atoms with E-state index in [-0.39, 0.29) is 24.9 Å². The molecule has 0 spiro atoms. The van der Waals surface area contributed by atoms with Crippen LogP contribution in [0.1, 0.15) is 44.5 Å². The Labute approximate surface area is 181 Å². The lowest BCUT2D eigenvalue weighted by atomic mass is 9.85. The second kappa shape index (κ2) is 11.9. The molecule has 1 unspecified atom stereocenters. The van der Waals surface area contributed by atoms with Gasteiger partial charge in [-0.25, -0.2) is 4.79 Å². The van der Waals surface area contributed by atoms with Crippen molar-refractivity contribution < 1.29 is 14.3 Å². The Bertz CT molecular complexity index is 811. The molecule has 162 valence electrons. The number of carbonyl (C=O) groups is 2. The molecule has 0 fully saturated rings. The molecule has 9 nitrogen and oxygen atoms in total. The normalized spacial score (nSPS) is 11.6. The molecule has 1 aromatic carbocycles. The van der Waals surface area contributed by atoms with Crippen LogP contribution in [0.25, 0.3) is 10.4 Å². The molecule has 30 heavy (non-hydrogen) atoms. The number of amides is 2. The topological polar surface area (TPSA) is 122 Å². The van der Waals surface area contributed by atoms with Crippen molar-refractivity contribution in [2.75, 3.05) is 30.5 Å². The minimum Gasteiger partial charge on any atom is -0.444 e. The molecule has 1 atom stereocenters. The van der Waals surface area contributed by atoms with E-state index in [1.165, 1.54) is 4.90 Å². The summed E-state index contributed by atoms with van der Waals surface area (Å²) in [5, 5.41) is 12.6. The molecule has 0 radical (unpaired) electrons. The quantitative estimate of drug-likeness (QED) is 0.170. The van der Waals surface area contributed by atoms with Crippen LogP contribution in [-0.4, -0.2) is 48.6 Å². The fourth-order valence-electron chi connectivity index (χ4n) is 2.76. The largest absolute Gasteiger partial charge is 0.444 e. The number of rotatable bonds is 10. The van der Waals surface area contributed by atoms with E-state index in [1.807, 2.05) is 19.9 Å². The predicted octanol–water partition coefficient (Wildman–Crippen LogP) is 4.93. The van der Waals surface area contributed by atoms with Crippen LogP contribution in [-0.2, 0) is 4.74 Å². The van der Waals surface area contributed by atoms with Gasteiger partial charge in [0.2, 0.25) is 0 Å². The van der Waals surface area contributed by atoms with Gasteiger partial charge in [-0.3, -0.25) is 9.69 Å². The Balaban J connectivity index is 3.02. The number of benzene rings is 1. The van der Waals surface area contributed by atoms with E-state index in [0.717, 1.165) is 0 Å². The third-order valence-electron chi connectivity index (χ3n) is 4.75. The van der Waals surface area contributed by atoms with E-state index in [1.54, 1.807) is 43.0 Å². The van der Waals surface area contributed by atoms with Gasteiger partial charge in [-0.15, -0.1) is 11.6 Å². The number of carbonyl (C=O) groups excluding carboxylic acids is 2. The minimum absolute atomic E-state index is 0.0617. The summed E-state index contributed by atoms with van der Waals surface area (Å²) < 4.78 is 5.53. The van der Waals surface area contributed by atoms with E-state index in [2.05, 4.69) is 10.0 Å². The number of anilines is 1. The molecule has 2 amide bonds. The Hall–Kier alpha value is -2.95. The zero-order valence-corrected chi connectivity index (χ0v) is 18.5. The van der Waals surface area contributed by atoms with Gasteiger partial charge < -0.3 is 9.64 Å². The first-order valence-corrected chi connectivity index (χ1v) is 10.1. The van der Waals surface area contributed by atoms with Gasteiger partial charge in [0.05, 0.1) is 12.5 Å².